The van der Waals surface area contributed by atoms with Gasteiger partial charge in [-0.2, -0.15) is 0 Å². The van der Waals surface area contributed by atoms with Crippen molar-refractivity contribution in [2.24, 2.45) is 7.05 Å². The number of hydrogen-bond acceptors (Lipinski definition) is 3. The van der Waals surface area contributed by atoms with Crippen molar-refractivity contribution < 1.29 is 19.4 Å². The zero-order valence-electron chi connectivity index (χ0n) is 15.8. The molecule has 0 bridgehead atoms. The summed E-state index contributed by atoms with van der Waals surface area (Å²) in [6, 6.07) is 5.27. The quantitative estimate of drug-likeness (QED) is 0.881. The summed E-state index contributed by atoms with van der Waals surface area (Å²) in [6.45, 7) is 6.96. The third-order valence-electron chi connectivity index (χ3n) is 4.85. The van der Waals surface area contributed by atoms with Crippen LogP contribution in [0.5, 0.6) is 0 Å². The van der Waals surface area contributed by atoms with E-state index < -0.39 is 11.6 Å². The van der Waals surface area contributed by atoms with Crippen LogP contribution in [-0.4, -0.2) is 45.3 Å². The number of amides is 1. The number of ether oxygens (including phenoxy) is 1. The molecule has 2 heterocycles. The van der Waals surface area contributed by atoms with Crippen molar-refractivity contribution in [3.05, 3.63) is 35.5 Å². The Morgan fingerprint density at radius 3 is 2.42 bits per heavy atom. The molecule has 6 heteroatoms. The molecule has 0 unspecified atom stereocenters. The monoisotopic (exact) mass is 358 g/mol. The Morgan fingerprint density at radius 1 is 1.19 bits per heavy atom. The van der Waals surface area contributed by atoms with Crippen LogP contribution in [0.2, 0.25) is 0 Å². The van der Waals surface area contributed by atoms with Gasteiger partial charge in [0.1, 0.15) is 5.60 Å². The van der Waals surface area contributed by atoms with Gasteiger partial charge in [-0.15, -0.1) is 0 Å². The summed E-state index contributed by atoms with van der Waals surface area (Å²) in [4.78, 5) is 25.2. The Bertz CT molecular complexity index is 839. The number of carboxylic acids is 1. The molecule has 1 aliphatic rings. The zero-order valence-corrected chi connectivity index (χ0v) is 15.8. The van der Waals surface area contributed by atoms with Crippen LogP contribution < -0.4 is 0 Å². The van der Waals surface area contributed by atoms with Crippen molar-refractivity contribution in [2.45, 2.75) is 45.1 Å². The molecule has 0 radical (unpaired) electrons. The third-order valence-corrected chi connectivity index (χ3v) is 4.85. The lowest BCUT2D eigenvalue weighted by atomic mass is 9.89. The SMILES string of the molecule is Cn1cc(C2CCN(C(=O)OC(C)(C)C)CC2)c2ccc(C(=O)O)cc21. The molecule has 0 saturated carbocycles. The van der Waals surface area contributed by atoms with Gasteiger partial charge in [0.2, 0.25) is 0 Å². The molecule has 0 spiro atoms. The first kappa shape index (κ1) is 18.3. The van der Waals surface area contributed by atoms with Crippen molar-refractivity contribution >= 4 is 23.0 Å². The maximum absolute atomic E-state index is 12.2. The summed E-state index contributed by atoms with van der Waals surface area (Å²) in [7, 11) is 1.94. The van der Waals surface area contributed by atoms with E-state index in [1.165, 1.54) is 5.56 Å². The molecule has 140 valence electrons. The fraction of sp³-hybridized carbons (Fsp3) is 0.500. The van der Waals surface area contributed by atoms with E-state index in [9.17, 15) is 14.7 Å². The molecule has 6 nitrogen and oxygen atoms in total. The van der Waals surface area contributed by atoms with Gasteiger partial charge in [0, 0.05) is 37.2 Å². The van der Waals surface area contributed by atoms with Crippen molar-refractivity contribution in [3.8, 4) is 0 Å². The van der Waals surface area contributed by atoms with E-state index in [1.807, 2.05) is 38.5 Å². The summed E-state index contributed by atoms with van der Waals surface area (Å²) in [6.07, 6.45) is 3.59. The molecule has 1 aliphatic heterocycles. The van der Waals surface area contributed by atoms with E-state index in [-0.39, 0.29) is 6.09 Å². The number of aryl methyl sites for hydroxylation is 1. The minimum absolute atomic E-state index is 0.250. The summed E-state index contributed by atoms with van der Waals surface area (Å²) in [5.74, 6) is -0.562. The highest BCUT2D eigenvalue weighted by atomic mass is 16.6. The molecule has 26 heavy (non-hydrogen) atoms. The number of rotatable bonds is 2. The minimum atomic E-state index is -0.916. The molecule has 1 aromatic carbocycles. The summed E-state index contributed by atoms with van der Waals surface area (Å²) in [5, 5.41) is 10.3. The molecule has 2 aromatic rings. The highest BCUT2D eigenvalue weighted by molar-refractivity contribution is 5.94. The first-order valence-electron chi connectivity index (χ1n) is 8.96. The topological polar surface area (TPSA) is 71.8 Å². The van der Waals surface area contributed by atoms with Crippen LogP contribution in [0.15, 0.2) is 24.4 Å². The minimum Gasteiger partial charge on any atom is -0.478 e. The average Bonchev–Trinajstić information content (AvgIpc) is 2.90. The van der Waals surface area contributed by atoms with Crippen LogP contribution in [0.25, 0.3) is 10.9 Å². The van der Waals surface area contributed by atoms with Crippen LogP contribution >= 0.6 is 0 Å². The number of piperidine rings is 1. The Labute approximate surface area is 153 Å². The molecule has 0 aliphatic carbocycles. The third kappa shape index (κ3) is 3.69. The van der Waals surface area contributed by atoms with Crippen LogP contribution in [0, 0.1) is 0 Å². The summed E-state index contributed by atoms with van der Waals surface area (Å²) < 4.78 is 7.44. The second-order valence-electron chi connectivity index (χ2n) is 7.97. The van der Waals surface area contributed by atoms with Crippen LogP contribution in [-0.2, 0) is 11.8 Å². The Balaban J connectivity index is 1.76. The number of aromatic carboxylic acids is 1. The molecule has 3 rings (SSSR count). The fourth-order valence-electron chi connectivity index (χ4n) is 3.57. The normalized spacial score (nSPS) is 16.1. The lowest BCUT2D eigenvalue weighted by molar-refractivity contribution is 0.0205. The summed E-state index contributed by atoms with van der Waals surface area (Å²) in [5.41, 5.74) is 1.97. The van der Waals surface area contributed by atoms with Crippen molar-refractivity contribution in [3.63, 3.8) is 0 Å². The molecule has 1 aromatic heterocycles. The van der Waals surface area contributed by atoms with E-state index in [2.05, 4.69) is 6.20 Å². The fourth-order valence-corrected chi connectivity index (χ4v) is 3.57. The van der Waals surface area contributed by atoms with E-state index in [0.29, 0.717) is 24.6 Å². The molecule has 0 atom stereocenters. The number of nitrogens with zero attached hydrogens (tertiary/aromatic N) is 2. The van der Waals surface area contributed by atoms with Gasteiger partial charge in [-0.1, -0.05) is 6.07 Å². The largest absolute Gasteiger partial charge is 0.478 e. The number of aromatic nitrogens is 1. The zero-order chi connectivity index (χ0) is 19.1. The lowest BCUT2D eigenvalue weighted by Crippen LogP contribution is -2.41. The van der Waals surface area contributed by atoms with Crippen molar-refractivity contribution in [2.75, 3.05) is 13.1 Å². The molecule has 1 amide bonds. The standard InChI is InChI=1S/C20H26N2O4/c1-20(2,3)26-19(25)22-9-7-13(8-10-22)16-12-21(4)17-11-14(18(23)24)5-6-15(16)17/h5-6,11-13H,7-10H2,1-4H3,(H,23,24). The highest BCUT2D eigenvalue weighted by Crippen LogP contribution is 2.34. The number of carbonyl (C=O) groups excluding carboxylic acids is 1. The van der Waals surface area contributed by atoms with E-state index in [1.54, 1.807) is 17.0 Å². The van der Waals surface area contributed by atoms with Gasteiger partial charge < -0.3 is 19.3 Å². The number of likely N-dealkylation sites (tertiary alicyclic amines) is 1. The predicted molar refractivity (Wildman–Crippen MR) is 99.7 cm³/mol. The van der Waals surface area contributed by atoms with Crippen LogP contribution in [0.3, 0.4) is 0 Å². The lowest BCUT2D eigenvalue weighted by Gasteiger charge is -2.33. The molecule has 1 N–H and O–H groups in total. The Hall–Kier alpha value is -2.50. The molecule has 1 saturated heterocycles. The van der Waals surface area contributed by atoms with Crippen molar-refractivity contribution in [1.82, 2.24) is 9.47 Å². The maximum atomic E-state index is 12.2. The second-order valence-corrected chi connectivity index (χ2v) is 7.97. The second kappa shape index (κ2) is 6.67. The van der Waals surface area contributed by atoms with Gasteiger partial charge in [-0.25, -0.2) is 9.59 Å². The van der Waals surface area contributed by atoms with Crippen LogP contribution in [0.1, 0.15) is 55.5 Å². The van der Waals surface area contributed by atoms with E-state index in [4.69, 9.17) is 4.74 Å². The van der Waals surface area contributed by atoms with Gasteiger partial charge in [-0.05, 0) is 57.2 Å². The van der Waals surface area contributed by atoms with Gasteiger partial charge in [-0.3, -0.25) is 0 Å². The Morgan fingerprint density at radius 2 is 1.85 bits per heavy atom. The number of carbonyl (C=O) groups is 2. The first-order chi connectivity index (χ1) is 12.2. The van der Waals surface area contributed by atoms with Gasteiger partial charge >= 0.3 is 12.1 Å². The molecular weight excluding hydrogens is 332 g/mol. The maximum Gasteiger partial charge on any atom is 0.410 e. The number of carboxylic acid groups (broad SMARTS) is 1. The van der Waals surface area contributed by atoms with Gasteiger partial charge in [0.15, 0.2) is 0 Å². The Kier molecular flexibility index (Phi) is 4.69. The van der Waals surface area contributed by atoms with Gasteiger partial charge in [0.05, 0.1) is 5.56 Å². The van der Waals surface area contributed by atoms with Crippen molar-refractivity contribution in [1.29, 1.82) is 0 Å². The number of benzene rings is 1. The summed E-state index contributed by atoms with van der Waals surface area (Å²) >= 11 is 0. The smallest absolute Gasteiger partial charge is 0.410 e. The van der Waals surface area contributed by atoms with Crippen LogP contribution in [0.4, 0.5) is 4.79 Å². The van der Waals surface area contributed by atoms with E-state index in [0.717, 1.165) is 23.7 Å². The highest BCUT2D eigenvalue weighted by Gasteiger charge is 2.28. The molecule has 1 fully saturated rings. The number of fused-ring (bicyclic) bond motifs is 1. The average molecular weight is 358 g/mol. The first-order valence-corrected chi connectivity index (χ1v) is 8.96. The van der Waals surface area contributed by atoms with E-state index >= 15 is 0 Å². The molecular formula is C20H26N2O4. The van der Waals surface area contributed by atoms with Gasteiger partial charge in [0.25, 0.3) is 0 Å². The number of hydrogen-bond donors (Lipinski definition) is 1. The predicted octanol–water partition coefficient (Wildman–Crippen LogP) is 3.99.